The first-order valence-corrected chi connectivity index (χ1v) is 17.8. The molecule has 27 nitrogen and oxygen atoms in total. The van der Waals surface area contributed by atoms with Gasteiger partial charge in [-0.1, -0.05) is 6.08 Å². The summed E-state index contributed by atoms with van der Waals surface area (Å²) in [6.45, 7) is -0.753. The minimum absolute atomic E-state index is 0.0225. The SMILES string of the molecule is C[C@H]1O[C@H](O[C@H]2[C@H](O)[C@@H](O)[C@@H](O[C@H]3[C@H](O)[C@@H](O)[C@H](O)O[C@@H]3CO)O[C@@H]2CO)[C@H](O)[C@@H](O)[C@@H]1N[C@H]1C=C(CO)[C@H](O)[C@H](O)[C@H]1O.NC(=O)NS(=O)(=O)NC(N)=O. The van der Waals surface area contributed by atoms with Crippen LogP contribution in [0.1, 0.15) is 6.92 Å². The van der Waals surface area contributed by atoms with Crippen LogP contribution in [0.5, 0.6) is 0 Å². The van der Waals surface area contributed by atoms with Crippen LogP contribution in [0.25, 0.3) is 0 Å². The maximum atomic E-state index is 10.9. The molecule has 0 aromatic heterocycles. The summed E-state index contributed by atoms with van der Waals surface area (Å²) in [5.41, 5.74) is 8.89. The van der Waals surface area contributed by atoms with Gasteiger partial charge in [-0.25, -0.2) is 19.0 Å². The lowest BCUT2D eigenvalue weighted by molar-refractivity contribution is -0.373. The Morgan fingerprint density at radius 2 is 1.16 bits per heavy atom. The smallest absolute Gasteiger partial charge is 0.328 e. The first-order valence-electron chi connectivity index (χ1n) is 16.4. The molecule has 320 valence electrons. The van der Waals surface area contributed by atoms with E-state index >= 15 is 0 Å². The summed E-state index contributed by atoms with van der Waals surface area (Å²) in [6, 6.07) is -4.78. The van der Waals surface area contributed by atoms with Gasteiger partial charge in [0, 0.05) is 0 Å². The summed E-state index contributed by atoms with van der Waals surface area (Å²) in [5.74, 6) is 0. The highest BCUT2D eigenvalue weighted by molar-refractivity contribution is 7.88. The molecular weight excluding hydrogens is 778 g/mol. The molecule has 4 aliphatic rings. The first-order chi connectivity index (χ1) is 25.6. The standard InChI is InChI=1S/C25H43NO18.C2H6N4O4S/c1-6-11(26-8-2-7(3-27)12(30)15(33)13(8)31)14(32)19(37)24(40-6)43-22-10(5-29)42-25(20(38)17(22)35)44-21-9(4-28)41-23(39)18(36)16(21)34;3-1(7)5-11(9,10)6-2(4)8/h2,6,8-39H,3-5H2,1H3;(H3,3,5,7)(H3,4,6,8)/t6-,8+,9-,10-,11-,12+,13+,14+,15+,16-,17-,18-,19-,20-,21-,22-,23-,24-,25-;/m1./s1. The highest BCUT2D eigenvalue weighted by Crippen LogP contribution is 2.32. The van der Waals surface area contributed by atoms with Gasteiger partial charge >= 0.3 is 22.3 Å². The van der Waals surface area contributed by atoms with E-state index in [1.54, 1.807) is 0 Å². The molecule has 0 unspecified atom stereocenters. The molecule has 0 saturated carbocycles. The number of ether oxygens (including phenoxy) is 5. The average molecular weight is 828 g/mol. The summed E-state index contributed by atoms with van der Waals surface area (Å²) in [5, 5.41) is 136. The fourth-order valence-electron chi connectivity index (χ4n) is 6.10. The van der Waals surface area contributed by atoms with Gasteiger partial charge < -0.3 is 107 Å². The quantitative estimate of drug-likeness (QED) is 0.0860. The summed E-state index contributed by atoms with van der Waals surface area (Å²) in [7, 11) is -4.23. The maximum Gasteiger partial charge on any atom is 0.328 e. The van der Waals surface area contributed by atoms with E-state index in [1.807, 2.05) is 0 Å². The number of urea groups is 2. The predicted octanol–water partition coefficient (Wildman–Crippen LogP) is -11.0. The van der Waals surface area contributed by atoms with Gasteiger partial charge in [-0.15, -0.1) is 0 Å². The van der Waals surface area contributed by atoms with E-state index in [-0.39, 0.29) is 5.57 Å². The van der Waals surface area contributed by atoms with E-state index < -0.39 is 159 Å². The van der Waals surface area contributed by atoms with Crippen LogP contribution < -0.4 is 26.2 Å². The van der Waals surface area contributed by atoms with E-state index in [1.165, 1.54) is 22.4 Å². The van der Waals surface area contributed by atoms with Crippen molar-refractivity contribution in [2.75, 3.05) is 19.8 Å². The third-order valence-electron chi connectivity index (χ3n) is 8.95. The number of aliphatic hydroxyl groups excluding tert-OH is 13. The lowest BCUT2D eigenvalue weighted by atomic mass is 9.86. The molecule has 3 saturated heterocycles. The molecule has 3 fully saturated rings. The van der Waals surface area contributed by atoms with Gasteiger partial charge in [0.05, 0.1) is 38.0 Å². The number of hydrogen-bond donors (Lipinski definition) is 18. The third-order valence-corrected chi connectivity index (χ3v) is 9.89. The van der Waals surface area contributed by atoms with Gasteiger partial charge in [-0.3, -0.25) is 0 Å². The van der Waals surface area contributed by atoms with Crippen LogP contribution in [0.3, 0.4) is 0 Å². The lowest BCUT2D eigenvalue weighted by Crippen LogP contribution is -2.68. The monoisotopic (exact) mass is 827 g/mol. The van der Waals surface area contributed by atoms with E-state index in [4.69, 9.17) is 23.7 Å². The minimum atomic E-state index is -4.23. The fourth-order valence-corrected chi connectivity index (χ4v) is 6.68. The zero-order valence-electron chi connectivity index (χ0n) is 28.7. The summed E-state index contributed by atoms with van der Waals surface area (Å²) in [4.78, 5) is 19.9. The van der Waals surface area contributed by atoms with Crippen LogP contribution in [0.4, 0.5) is 9.59 Å². The van der Waals surface area contributed by atoms with Crippen LogP contribution in [-0.2, 0) is 33.9 Å². The number of aliphatic hydroxyl groups is 13. The maximum absolute atomic E-state index is 10.9. The fraction of sp³-hybridized carbons (Fsp3) is 0.852. The Hall–Kier alpha value is -2.53. The number of nitrogens with two attached hydrogens (primary N) is 2. The largest absolute Gasteiger partial charge is 0.394 e. The first kappa shape index (κ1) is 46.8. The predicted molar refractivity (Wildman–Crippen MR) is 172 cm³/mol. The van der Waals surface area contributed by atoms with E-state index in [0.717, 1.165) is 0 Å². The number of amides is 4. The molecule has 0 spiro atoms. The summed E-state index contributed by atoms with van der Waals surface area (Å²) >= 11 is 0. The van der Waals surface area contributed by atoms with Crippen LogP contribution in [0.2, 0.25) is 0 Å². The molecule has 1 aliphatic carbocycles. The molecule has 0 aromatic carbocycles. The molecule has 4 amide bonds. The normalized spacial score (nSPS) is 43.7. The van der Waals surface area contributed by atoms with Gasteiger partial charge in [-0.05, 0) is 12.5 Å². The van der Waals surface area contributed by atoms with Gasteiger partial charge in [-0.2, -0.15) is 8.42 Å². The van der Waals surface area contributed by atoms with Crippen molar-refractivity contribution in [3.63, 3.8) is 0 Å². The molecule has 4 rings (SSSR count). The number of carbonyl (C=O) groups excluding carboxylic acids is 2. The number of rotatable bonds is 11. The van der Waals surface area contributed by atoms with Gasteiger partial charge in [0.1, 0.15) is 79.4 Å². The molecular formula is C27H49N5O22S. The molecule has 28 heteroatoms. The highest BCUT2D eigenvalue weighted by Gasteiger charge is 2.53. The zero-order chi connectivity index (χ0) is 41.7. The average Bonchev–Trinajstić information content (AvgIpc) is 3.10. The Morgan fingerprint density at radius 3 is 1.65 bits per heavy atom. The Bertz CT molecular complexity index is 1390. The zero-order valence-corrected chi connectivity index (χ0v) is 29.5. The Kier molecular flexibility index (Phi) is 16.8. The molecule has 55 heavy (non-hydrogen) atoms. The van der Waals surface area contributed by atoms with Gasteiger partial charge in [0.15, 0.2) is 18.9 Å². The van der Waals surface area contributed by atoms with Crippen molar-refractivity contribution in [3.05, 3.63) is 11.6 Å². The Labute approximate surface area is 311 Å². The van der Waals surface area contributed by atoms with E-state index in [2.05, 4.69) is 16.8 Å². The number of carbonyl (C=O) groups is 2. The Balaban J connectivity index is 0.000000641. The molecule has 0 bridgehead atoms. The van der Waals surface area contributed by atoms with E-state index in [0.29, 0.717) is 0 Å². The van der Waals surface area contributed by atoms with Gasteiger partial charge in [0.25, 0.3) is 0 Å². The van der Waals surface area contributed by atoms with Crippen LogP contribution >= 0.6 is 0 Å². The van der Waals surface area contributed by atoms with Crippen molar-refractivity contribution in [1.29, 1.82) is 0 Å². The molecule has 19 atom stereocenters. The molecule has 0 radical (unpaired) electrons. The number of nitrogens with one attached hydrogen (secondary N) is 3. The van der Waals surface area contributed by atoms with Crippen molar-refractivity contribution in [1.82, 2.24) is 14.8 Å². The number of primary amides is 2. The minimum Gasteiger partial charge on any atom is -0.394 e. The topological polar surface area (TPSA) is 466 Å². The van der Waals surface area contributed by atoms with Crippen LogP contribution in [-0.4, -0.2) is 223 Å². The highest BCUT2D eigenvalue weighted by atomic mass is 32.2. The lowest BCUT2D eigenvalue weighted by Gasteiger charge is -2.48. The Morgan fingerprint density at radius 1 is 0.691 bits per heavy atom. The van der Waals surface area contributed by atoms with Crippen molar-refractivity contribution >= 4 is 22.3 Å². The van der Waals surface area contributed by atoms with Crippen LogP contribution in [0.15, 0.2) is 11.6 Å². The van der Waals surface area contributed by atoms with Gasteiger partial charge in [0.2, 0.25) is 0 Å². The molecule has 3 heterocycles. The van der Waals surface area contributed by atoms with Crippen molar-refractivity contribution in [3.8, 4) is 0 Å². The molecule has 20 N–H and O–H groups in total. The second-order valence-corrected chi connectivity index (χ2v) is 14.2. The number of hydrogen-bond acceptors (Lipinski definition) is 23. The molecule has 3 aliphatic heterocycles. The van der Waals surface area contributed by atoms with Crippen molar-refractivity contribution < 1.29 is 108 Å². The second-order valence-electron chi connectivity index (χ2n) is 12.8. The van der Waals surface area contributed by atoms with Crippen LogP contribution in [0, 0.1) is 0 Å². The van der Waals surface area contributed by atoms with Crippen molar-refractivity contribution in [2.45, 2.75) is 123 Å². The third kappa shape index (κ3) is 11.3. The molecule has 0 aromatic rings. The summed E-state index contributed by atoms with van der Waals surface area (Å²) < 4.78 is 50.7. The second kappa shape index (κ2) is 19.8. The van der Waals surface area contributed by atoms with E-state index in [9.17, 15) is 84.4 Å². The van der Waals surface area contributed by atoms with Crippen molar-refractivity contribution in [2.24, 2.45) is 11.5 Å². The summed E-state index contributed by atoms with van der Waals surface area (Å²) in [6.07, 6.45) is -26.6.